The Hall–Kier alpha value is -3.10. The van der Waals surface area contributed by atoms with Crippen molar-refractivity contribution >= 4 is 29.4 Å². The third-order valence-electron chi connectivity index (χ3n) is 4.16. The SMILES string of the molecule is CN(CC(=O)NC1CC1)C(=O)COC(=O)C[C@@H]1Oc2ccccc2NC1=O. The Morgan fingerprint density at radius 2 is 2.04 bits per heavy atom. The fourth-order valence-electron chi connectivity index (χ4n) is 2.49. The van der Waals surface area contributed by atoms with Crippen LogP contribution in [0.3, 0.4) is 0 Å². The number of hydrogen-bond donors (Lipinski definition) is 2. The highest BCUT2D eigenvalue weighted by atomic mass is 16.5. The van der Waals surface area contributed by atoms with Crippen molar-refractivity contribution in [3.63, 3.8) is 0 Å². The van der Waals surface area contributed by atoms with E-state index in [1.54, 1.807) is 24.3 Å². The molecular weight excluding hydrogens is 354 g/mol. The Kier molecular flexibility index (Phi) is 5.58. The van der Waals surface area contributed by atoms with E-state index in [9.17, 15) is 19.2 Å². The van der Waals surface area contributed by atoms with Crippen LogP contribution in [-0.2, 0) is 23.9 Å². The van der Waals surface area contributed by atoms with Crippen LogP contribution in [0.4, 0.5) is 5.69 Å². The zero-order chi connectivity index (χ0) is 19.4. The summed E-state index contributed by atoms with van der Waals surface area (Å²) in [4.78, 5) is 48.7. The Morgan fingerprint density at radius 3 is 2.78 bits per heavy atom. The monoisotopic (exact) mass is 375 g/mol. The molecule has 0 aromatic heterocycles. The largest absolute Gasteiger partial charge is 0.478 e. The molecule has 27 heavy (non-hydrogen) atoms. The number of benzene rings is 1. The molecule has 1 heterocycles. The minimum atomic E-state index is -1.02. The first-order chi connectivity index (χ1) is 12.9. The van der Waals surface area contributed by atoms with Gasteiger partial charge in [0.2, 0.25) is 5.91 Å². The van der Waals surface area contributed by atoms with Gasteiger partial charge in [0.05, 0.1) is 18.7 Å². The summed E-state index contributed by atoms with van der Waals surface area (Å²) in [6.45, 7) is -0.602. The first-order valence-electron chi connectivity index (χ1n) is 8.68. The number of fused-ring (bicyclic) bond motifs is 1. The van der Waals surface area contributed by atoms with Gasteiger partial charge in [-0.05, 0) is 25.0 Å². The van der Waals surface area contributed by atoms with Crippen molar-refractivity contribution < 1.29 is 28.7 Å². The van der Waals surface area contributed by atoms with E-state index in [4.69, 9.17) is 9.47 Å². The molecule has 3 amide bonds. The third-order valence-corrected chi connectivity index (χ3v) is 4.16. The van der Waals surface area contributed by atoms with E-state index in [0.29, 0.717) is 11.4 Å². The molecule has 2 N–H and O–H groups in total. The van der Waals surface area contributed by atoms with Gasteiger partial charge in [0.25, 0.3) is 11.8 Å². The van der Waals surface area contributed by atoms with E-state index in [0.717, 1.165) is 12.8 Å². The number of nitrogens with one attached hydrogen (secondary N) is 2. The van der Waals surface area contributed by atoms with E-state index in [1.165, 1.54) is 11.9 Å². The molecule has 1 atom stereocenters. The summed E-state index contributed by atoms with van der Waals surface area (Å²) >= 11 is 0. The maximum absolute atomic E-state index is 12.0. The van der Waals surface area contributed by atoms with Crippen molar-refractivity contribution in [3.05, 3.63) is 24.3 Å². The highest BCUT2D eigenvalue weighted by molar-refractivity contribution is 5.99. The predicted molar refractivity (Wildman–Crippen MR) is 93.9 cm³/mol. The van der Waals surface area contributed by atoms with E-state index in [-0.39, 0.29) is 24.9 Å². The minimum Gasteiger partial charge on any atom is -0.478 e. The van der Waals surface area contributed by atoms with Gasteiger partial charge in [-0.3, -0.25) is 19.2 Å². The number of esters is 1. The topological polar surface area (TPSA) is 114 Å². The fourth-order valence-corrected chi connectivity index (χ4v) is 2.49. The summed E-state index contributed by atoms with van der Waals surface area (Å²) in [6.07, 6.45) is 0.578. The van der Waals surface area contributed by atoms with Gasteiger partial charge in [0, 0.05) is 13.1 Å². The molecule has 1 aliphatic heterocycles. The average molecular weight is 375 g/mol. The number of hydrogen-bond acceptors (Lipinski definition) is 6. The van der Waals surface area contributed by atoms with Gasteiger partial charge in [-0.25, -0.2) is 0 Å². The lowest BCUT2D eigenvalue weighted by molar-refractivity contribution is -0.154. The van der Waals surface area contributed by atoms with Gasteiger partial charge in [-0.1, -0.05) is 12.1 Å². The van der Waals surface area contributed by atoms with Gasteiger partial charge in [-0.15, -0.1) is 0 Å². The van der Waals surface area contributed by atoms with Crippen molar-refractivity contribution in [3.8, 4) is 5.75 Å². The average Bonchev–Trinajstić information content (AvgIpc) is 3.44. The Balaban J connectivity index is 1.41. The first-order valence-corrected chi connectivity index (χ1v) is 8.68. The Labute approximate surface area is 156 Å². The highest BCUT2D eigenvalue weighted by Gasteiger charge is 2.30. The second-order valence-electron chi connectivity index (χ2n) is 6.55. The summed E-state index contributed by atoms with van der Waals surface area (Å²) in [7, 11) is 1.46. The van der Waals surface area contributed by atoms with Crippen molar-refractivity contribution in [2.24, 2.45) is 0 Å². The molecule has 1 aliphatic carbocycles. The molecule has 9 heteroatoms. The van der Waals surface area contributed by atoms with Gasteiger partial charge in [-0.2, -0.15) is 0 Å². The molecule has 3 rings (SSSR count). The van der Waals surface area contributed by atoms with E-state index in [2.05, 4.69) is 10.6 Å². The van der Waals surface area contributed by atoms with Crippen molar-refractivity contribution in [1.82, 2.24) is 10.2 Å². The number of likely N-dealkylation sites (N-methyl/N-ethyl adjacent to an activating group) is 1. The normalized spacial score (nSPS) is 17.8. The molecule has 9 nitrogen and oxygen atoms in total. The summed E-state index contributed by atoms with van der Waals surface area (Å²) in [6, 6.07) is 7.09. The smallest absolute Gasteiger partial charge is 0.310 e. The number of anilines is 1. The quantitative estimate of drug-likeness (QED) is 0.651. The van der Waals surface area contributed by atoms with E-state index in [1.807, 2.05) is 0 Å². The van der Waals surface area contributed by atoms with E-state index >= 15 is 0 Å². The van der Waals surface area contributed by atoms with Crippen molar-refractivity contribution in [2.45, 2.75) is 31.4 Å². The van der Waals surface area contributed by atoms with Gasteiger partial charge < -0.3 is 25.0 Å². The lowest BCUT2D eigenvalue weighted by atomic mass is 10.1. The van der Waals surface area contributed by atoms with Crippen LogP contribution < -0.4 is 15.4 Å². The van der Waals surface area contributed by atoms with Crippen LogP contribution in [0.5, 0.6) is 5.75 Å². The Bertz CT molecular complexity index is 761. The van der Waals surface area contributed by atoms with Gasteiger partial charge >= 0.3 is 5.97 Å². The molecule has 2 aliphatic rings. The highest BCUT2D eigenvalue weighted by Crippen LogP contribution is 2.29. The number of rotatable bonds is 7. The minimum absolute atomic E-state index is 0.0994. The zero-order valence-electron chi connectivity index (χ0n) is 14.9. The number of ether oxygens (including phenoxy) is 2. The van der Waals surface area contributed by atoms with Gasteiger partial charge in [0.15, 0.2) is 12.7 Å². The molecule has 0 radical (unpaired) electrons. The van der Waals surface area contributed by atoms with Crippen molar-refractivity contribution in [1.29, 1.82) is 0 Å². The maximum Gasteiger partial charge on any atom is 0.310 e. The maximum atomic E-state index is 12.0. The van der Waals surface area contributed by atoms with Crippen LogP contribution in [0.15, 0.2) is 24.3 Å². The number of para-hydroxylation sites is 2. The summed E-state index contributed by atoms with van der Waals surface area (Å²) in [5.41, 5.74) is 0.536. The number of carbonyl (C=O) groups is 4. The zero-order valence-corrected chi connectivity index (χ0v) is 14.9. The standard InChI is InChI=1S/C18H21N3O6/c1-21(9-15(22)19-11-6-7-11)16(23)10-26-17(24)8-14-18(25)20-12-4-2-3-5-13(12)27-14/h2-5,11,14H,6-10H2,1H3,(H,19,22)(H,20,25)/t14-/m0/s1. The molecule has 0 saturated heterocycles. The predicted octanol–water partition coefficient (Wildman–Crippen LogP) is 0.0564. The molecule has 1 aromatic rings. The van der Waals surface area contributed by atoms with Crippen molar-refractivity contribution in [2.75, 3.05) is 25.5 Å². The second-order valence-corrected chi connectivity index (χ2v) is 6.55. The molecule has 0 unspecified atom stereocenters. The lowest BCUT2D eigenvalue weighted by Gasteiger charge is -2.25. The molecule has 1 aromatic carbocycles. The van der Waals surface area contributed by atoms with Crippen LogP contribution >= 0.6 is 0 Å². The summed E-state index contributed by atoms with van der Waals surface area (Å²) in [5, 5.41) is 5.42. The van der Waals surface area contributed by atoms with Crippen LogP contribution in [0.1, 0.15) is 19.3 Å². The first kappa shape index (κ1) is 18.7. The van der Waals surface area contributed by atoms with Crippen LogP contribution in [0.2, 0.25) is 0 Å². The lowest BCUT2D eigenvalue weighted by Crippen LogP contribution is -2.41. The molecule has 0 spiro atoms. The second kappa shape index (κ2) is 8.07. The summed E-state index contributed by atoms with van der Waals surface area (Å²) in [5.74, 6) is -1.48. The third kappa shape index (κ3) is 5.19. The summed E-state index contributed by atoms with van der Waals surface area (Å²) < 4.78 is 10.4. The molecular formula is C18H21N3O6. The molecule has 1 saturated carbocycles. The van der Waals surface area contributed by atoms with E-state index < -0.39 is 30.5 Å². The molecule has 1 fully saturated rings. The van der Waals surface area contributed by atoms with Crippen LogP contribution in [0.25, 0.3) is 0 Å². The number of nitrogens with zero attached hydrogens (tertiary/aromatic N) is 1. The fraction of sp³-hybridized carbons (Fsp3) is 0.444. The number of carbonyl (C=O) groups excluding carboxylic acids is 4. The molecule has 0 bridgehead atoms. The van der Waals surface area contributed by atoms with Gasteiger partial charge in [0.1, 0.15) is 5.75 Å². The van der Waals surface area contributed by atoms with Crippen LogP contribution in [0, 0.1) is 0 Å². The molecule has 144 valence electrons. The Morgan fingerprint density at radius 1 is 1.30 bits per heavy atom. The number of amides is 3. The van der Waals surface area contributed by atoms with Crippen LogP contribution in [-0.4, -0.2) is 60.9 Å².